The van der Waals surface area contributed by atoms with E-state index in [1.165, 1.54) is 26.2 Å². The fourth-order valence-corrected chi connectivity index (χ4v) is 2.85. The Hall–Kier alpha value is -3.15. The van der Waals surface area contributed by atoms with Gasteiger partial charge in [0.15, 0.2) is 0 Å². The van der Waals surface area contributed by atoms with Gasteiger partial charge in [-0.25, -0.2) is 10.2 Å². The number of ether oxygens (including phenoxy) is 1. The van der Waals surface area contributed by atoms with Crippen molar-refractivity contribution in [2.45, 2.75) is 12.8 Å². The summed E-state index contributed by atoms with van der Waals surface area (Å²) in [7, 11) is 1.34. The van der Waals surface area contributed by atoms with Gasteiger partial charge in [-0.05, 0) is 54.8 Å². The van der Waals surface area contributed by atoms with Gasteiger partial charge in [-0.15, -0.1) is 0 Å². The van der Waals surface area contributed by atoms with Crippen LogP contribution in [0.3, 0.4) is 0 Å². The van der Waals surface area contributed by atoms with Crippen LogP contribution < -0.4 is 10.3 Å². The van der Waals surface area contributed by atoms with Crippen molar-refractivity contribution in [3.63, 3.8) is 0 Å². The van der Waals surface area contributed by atoms with Gasteiger partial charge in [-0.1, -0.05) is 12.1 Å². The number of nitrogens with one attached hydrogen (secondary N) is 1. The van der Waals surface area contributed by atoms with Gasteiger partial charge >= 0.3 is 5.97 Å². The molecule has 2 aromatic rings. The lowest BCUT2D eigenvalue weighted by molar-refractivity contribution is 0.0600. The quantitative estimate of drug-likeness (QED) is 0.511. The number of esters is 1. The second-order valence-electron chi connectivity index (χ2n) is 6.05. The van der Waals surface area contributed by atoms with Crippen LogP contribution in [0.4, 0.5) is 5.69 Å². The minimum atomic E-state index is -0.390. The van der Waals surface area contributed by atoms with E-state index in [0.717, 1.165) is 24.3 Å². The highest BCUT2D eigenvalue weighted by Crippen LogP contribution is 2.20. The number of hydrogen-bond donors (Lipinski definition) is 1. The largest absolute Gasteiger partial charge is 0.465 e. The zero-order chi connectivity index (χ0) is 18.4. The van der Waals surface area contributed by atoms with Gasteiger partial charge < -0.3 is 9.64 Å². The average molecular weight is 351 g/mol. The van der Waals surface area contributed by atoms with Gasteiger partial charge in [0.1, 0.15) is 0 Å². The Morgan fingerprint density at radius 1 is 1.00 bits per heavy atom. The smallest absolute Gasteiger partial charge is 0.337 e. The molecule has 0 aliphatic carbocycles. The van der Waals surface area contributed by atoms with Crippen LogP contribution in [0.2, 0.25) is 0 Å². The highest BCUT2D eigenvalue weighted by Gasteiger charge is 2.12. The fraction of sp³-hybridized carbons (Fsp3) is 0.250. The lowest BCUT2D eigenvalue weighted by atomic mass is 10.1. The maximum Gasteiger partial charge on any atom is 0.337 e. The van der Waals surface area contributed by atoms with Crippen molar-refractivity contribution in [1.29, 1.82) is 0 Å². The Morgan fingerprint density at radius 3 is 2.23 bits per heavy atom. The Bertz CT molecular complexity index is 792. The number of carbonyl (C=O) groups is 2. The Balaban J connectivity index is 1.56. The number of hydrogen-bond acceptors (Lipinski definition) is 5. The molecule has 2 aromatic carbocycles. The van der Waals surface area contributed by atoms with E-state index in [4.69, 9.17) is 0 Å². The molecular formula is C20H21N3O3. The van der Waals surface area contributed by atoms with Crippen LogP contribution in [0.5, 0.6) is 0 Å². The molecule has 0 radical (unpaired) electrons. The van der Waals surface area contributed by atoms with Gasteiger partial charge in [0.25, 0.3) is 5.91 Å². The second kappa shape index (κ2) is 8.29. The van der Waals surface area contributed by atoms with Crippen LogP contribution in [-0.4, -0.2) is 38.3 Å². The predicted molar refractivity (Wildman–Crippen MR) is 101 cm³/mol. The topological polar surface area (TPSA) is 71.0 Å². The molecule has 0 bridgehead atoms. The summed E-state index contributed by atoms with van der Waals surface area (Å²) in [5, 5.41) is 3.96. The number of amides is 1. The first-order valence-electron chi connectivity index (χ1n) is 8.54. The number of benzene rings is 2. The molecule has 0 saturated carbocycles. The van der Waals surface area contributed by atoms with Gasteiger partial charge in [0.2, 0.25) is 0 Å². The SMILES string of the molecule is COC(=O)c1ccc(/C=N\NC(=O)c2ccc(N3CCCC3)cc2)cc1. The standard InChI is InChI=1S/C20H21N3O3/c1-26-20(25)17-6-4-15(5-7-17)14-21-22-19(24)16-8-10-18(11-9-16)23-12-2-3-13-23/h4-11,14H,2-3,12-13H2,1H3,(H,22,24)/b21-14-. The van der Waals surface area contributed by atoms with Crippen LogP contribution in [0.15, 0.2) is 53.6 Å². The molecule has 1 fully saturated rings. The second-order valence-corrected chi connectivity index (χ2v) is 6.05. The third-order valence-electron chi connectivity index (χ3n) is 4.31. The summed E-state index contributed by atoms with van der Waals surface area (Å²) in [6.45, 7) is 2.15. The maximum absolute atomic E-state index is 12.2. The molecular weight excluding hydrogens is 330 g/mol. The number of nitrogens with zero attached hydrogens (tertiary/aromatic N) is 2. The zero-order valence-electron chi connectivity index (χ0n) is 14.6. The summed E-state index contributed by atoms with van der Waals surface area (Å²) < 4.78 is 4.65. The molecule has 0 aromatic heterocycles. The van der Waals surface area contributed by atoms with E-state index in [9.17, 15) is 9.59 Å². The predicted octanol–water partition coefficient (Wildman–Crippen LogP) is 2.84. The van der Waals surface area contributed by atoms with E-state index in [0.29, 0.717) is 11.1 Å². The first kappa shape index (κ1) is 17.7. The lowest BCUT2D eigenvalue weighted by Gasteiger charge is -2.17. The van der Waals surface area contributed by atoms with E-state index in [1.807, 2.05) is 24.3 Å². The van der Waals surface area contributed by atoms with Crippen molar-refractivity contribution in [3.05, 3.63) is 65.2 Å². The van der Waals surface area contributed by atoms with Gasteiger partial charge in [-0.3, -0.25) is 4.79 Å². The third kappa shape index (κ3) is 4.27. The average Bonchev–Trinajstić information content (AvgIpc) is 3.23. The molecule has 3 rings (SSSR count). The maximum atomic E-state index is 12.2. The van der Waals surface area contributed by atoms with E-state index in [1.54, 1.807) is 24.3 Å². The molecule has 1 aliphatic heterocycles. The fourth-order valence-electron chi connectivity index (χ4n) is 2.85. The van der Waals surface area contributed by atoms with E-state index >= 15 is 0 Å². The van der Waals surface area contributed by atoms with Gasteiger partial charge in [-0.2, -0.15) is 5.10 Å². The van der Waals surface area contributed by atoms with Crippen LogP contribution in [-0.2, 0) is 4.74 Å². The van der Waals surface area contributed by atoms with Crippen molar-refractivity contribution < 1.29 is 14.3 Å². The highest BCUT2D eigenvalue weighted by atomic mass is 16.5. The Labute approximate surface area is 152 Å². The highest BCUT2D eigenvalue weighted by molar-refractivity contribution is 5.95. The monoisotopic (exact) mass is 351 g/mol. The van der Waals surface area contributed by atoms with Crippen molar-refractivity contribution in [3.8, 4) is 0 Å². The van der Waals surface area contributed by atoms with Crippen molar-refractivity contribution in [2.75, 3.05) is 25.1 Å². The number of anilines is 1. The third-order valence-corrected chi connectivity index (χ3v) is 4.31. The normalized spacial score (nSPS) is 13.8. The van der Waals surface area contributed by atoms with Crippen molar-refractivity contribution >= 4 is 23.8 Å². The molecule has 0 unspecified atom stereocenters. The lowest BCUT2D eigenvalue weighted by Crippen LogP contribution is -2.19. The summed E-state index contributed by atoms with van der Waals surface area (Å²) >= 11 is 0. The summed E-state index contributed by atoms with van der Waals surface area (Å²) in [5.41, 5.74) is 5.45. The van der Waals surface area contributed by atoms with Crippen LogP contribution in [0.1, 0.15) is 39.1 Å². The molecule has 26 heavy (non-hydrogen) atoms. The summed E-state index contributed by atoms with van der Waals surface area (Å²) in [6, 6.07) is 14.3. The Morgan fingerprint density at radius 2 is 1.62 bits per heavy atom. The molecule has 0 atom stereocenters. The van der Waals surface area contributed by atoms with Crippen molar-refractivity contribution in [1.82, 2.24) is 5.43 Å². The molecule has 1 aliphatic rings. The summed E-state index contributed by atoms with van der Waals surface area (Å²) in [6.07, 6.45) is 3.96. The van der Waals surface area contributed by atoms with Gasteiger partial charge in [0, 0.05) is 24.3 Å². The number of hydrazone groups is 1. The van der Waals surface area contributed by atoms with Crippen molar-refractivity contribution in [2.24, 2.45) is 5.10 Å². The first-order valence-corrected chi connectivity index (χ1v) is 8.54. The van der Waals surface area contributed by atoms with Gasteiger partial charge in [0.05, 0.1) is 18.9 Å². The number of rotatable bonds is 5. The zero-order valence-corrected chi connectivity index (χ0v) is 14.6. The van der Waals surface area contributed by atoms with E-state index < -0.39 is 0 Å². The molecule has 0 spiro atoms. The number of carbonyl (C=O) groups excluding carboxylic acids is 2. The van der Waals surface area contributed by atoms with Crippen LogP contribution in [0, 0.1) is 0 Å². The van der Waals surface area contributed by atoms with E-state index in [2.05, 4.69) is 20.2 Å². The van der Waals surface area contributed by atoms with Crippen LogP contribution >= 0.6 is 0 Å². The number of methoxy groups -OCH3 is 1. The molecule has 1 N–H and O–H groups in total. The van der Waals surface area contributed by atoms with E-state index in [-0.39, 0.29) is 11.9 Å². The molecule has 1 amide bonds. The molecule has 1 heterocycles. The van der Waals surface area contributed by atoms with Crippen LogP contribution in [0.25, 0.3) is 0 Å². The molecule has 1 saturated heterocycles. The minimum absolute atomic E-state index is 0.264. The summed E-state index contributed by atoms with van der Waals surface area (Å²) in [4.78, 5) is 25.8. The summed E-state index contributed by atoms with van der Waals surface area (Å²) in [5.74, 6) is -0.653. The molecule has 134 valence electrons. The first-order chi connectivity index (χ1) is 12.7. The molecule has 6 nitrogen and oxygen atoms in total. The molecule has 6 heteroatoms. The Kier molecular flexibility index (Phi) is 5.63. The minimum Gasteiger partial charge on any atom is -0.465 e.